The van der Waals surface area contributed by atoms with E-state index in [0.717, 1.165) is 31.1 Å². The van der Waals surface area contributed by atoms with Crippen LogP contribution < -0.4 is 5.32 Å². The van der Waals surface area contributed by atoms with Crippen LogP contribution in [0.25, 0.3) is 10.9 Å². The van der Waals surface area contributed by atoms with E-state index in [1.165, 1.54) is 16.5 Å². The number of rotatable bonds is 7. The molecule has 21 heavy (non-hydrogen) atoms. The van der Waals surface area contributed by atoms with Gasteiger partial charge in [-0.3, -0.25) is 0 Å². The van der Waals surface area contributed by atoms with Crippen LogP contribution in [0.1, 0.15) is 25.8 Å². The lowest BCUT2D eigenvalue weighted by atomic mass is 10.1. The van der Waals surface area contributed by atoms with Gasteiger partial charge in [0.25, 0.3) is 0 Å². The lowest BCUT2D eigenvalue weighted by Gasteiger charge is -2.10. The first-order valence-corrected chi connectivity index (χ1v) is 8.00. The first kappa shape index (κ1) is 16.3. The summed E-state index contributed by atoms with van der Waals surface area (Å²) < 4.78 is 2.34. The minimum atomic E-state index is 0.490. The summed E-state index contributed by atoms with van der Waals surface area (Å²) in [5.74, 6) is 0. The van der Waals surface area contributed by atoms with Crippen LogP contribution >= 0.6 is 11.6 Å². The second-order valence-corrected chi connectivity index (χ2v) is 6.64. The molecule has 1 heterocycles. The van der Waals surface area contributed by atoms with E-state index in [9.17, 15) is 0 Å². The van der Waals surface area contributed by atoms with E-state index in [1.54, 1.807) is 0 Å². The van der Waals surface area contributed by atoms with Crippen molar-refractivity contribution in [2.45, 2.75) is 39.4 Å². The summed E-state index contributed by atoms with van der Waals surface area (Å²) in [6, 6.07) is 6.68. The maximum Gasteiger partial charge on any atom is 0.0498 e. The number of aryl methyl sites for hydroxylation is 1. The van der Waals surface area contributed by atoms with Gasteiger partial charge in [-0.05, 0) is 44.8 Å². The van der Waals surface area contributed by atoms with Gasteiger partial charge in [-0.1, -0.05) is 31.5 Å². The Hall–Kier alpha value is -1.03. The molecule has 116 valence electrons. The standard InChI is InChI=1S/C17H26ClN3/c1-13(2)19-11-14-12-21(9-5-8-20(3)4)17-10-15(18)6-7-16(14)17/h6-7,10,12-13,19H,5,8-9,11H2,1-4H3. The third-order valence-electron chi connectivity index (χ3n) is 3.63. The van der Waals surface area contributed by atoms with Crippen LogP contribution in [0.15, 0.2) is 24.4 Å². The van der Waals surface area contributed by atoms with Gasteiger partial charge in [0.1, 0.15) is 0 Å². The van der Waals surface area contributed by atoms with Gasteiger partial charge in [0.15, 0.2) is 0 Å². The van der Waals surface area contributed by atoms with E-state index >= 15 is 0 Å². The minimum Gasteiger partial charge on any atom is -0.347 e. The SMILES string of the molecule is CC(C)NCc1cn(CCCN(C)C)c2cc(Cl)ccc12. The summed E-state index contributed by atoms with van der Waals surface area (Å²) in [6.07, 6.45) is 3.41. The van der Waals surface area contributed by atoms with Crippen molar-refractivity contribution in [3.63, 3.8) is 0 Å². The van der Waals surface area contributed by atoms with Crippen molar-refractivity contribution in [1.29, 1.82) is 0 Å². The number of halogens is 1. The van der Waals surface area contributed by atoms with Crippen LogP contribution in [0.2, 0.25) is 5.02 Å². The average Bonchev–Trinajstić information content (AvgIpc) is 2.74. The summed E-state index contributed by atoms with van der Waals surface area (Å²) in [4.78, 5) is 2.22. The largest absolute Gasteiger partial charge is 0.347 e. The van der Waals surface area contributed by atoms with E-state index in [2.05, 4.69) is 61.1 Å². The first-order valence-electron chi connectivity index (χ1n) is 7.62. The lowest BCUT2D eigenvalue weighted by molar-refractivity contribution is 0.388. The lowest BCUT2D eigenvalue weighted by Crippen LogP contribution is -2.21. The second kappa shape index (κ2) is 7.30. The van der Waals surface area contributed by atoms with Crippen molar-refractivity contribution < 1.29 is 0 Å². The van der Waals surface area contributed by atoms with Crippen molar-refractivity contribution in [3.05, 3.63) is 35.0 Å². The molecule has 1 aromatic heterocycles. The summed E-state index contributed by atoms with van der Waals surface area (Å²) >= 11 is 6.17. The molecule has 4 heteroatoms. The van der Waals surface area contributed by atoms with Gasteiger partial charge in [-0.25, -0.2) is 0 Å². The molecular formula is C17H26ClN3. The van der Waals surface area contributed by atoms with Crippen molar-refractivity contribution >= 4 is 22.5 Å². The van der Waals surface area contributed by atoms with Crippen LogP contribution in [0.5, 0.6) is 0 Å². The van der Waals surface area contributed by atoms with E-state index in [0.29, 0.717) is 6.04 Å². The Balaban J connectivity index is 2.24. The second-order valence-electron chi connectivity index (χ2n) is 6.20. The Morgan fingerprint density at radius 2 is 2.05 bits per heavy atom. The van der Waals surface area contributed by atoms with Crippen molar-refractivity contribution in [2.24, 2.45) is 0 Å². The zero-order valence-electron chi connectivity index (χ0n) is 13.5. The monoisotopic (exact) mass is 307 g/mol. The van der Waals surface area contributed by atoms with Crippen LogP contribution in [0.4, 0.5) is 0 Å². The minimum absolute atomic E-state index is 0.490. The van der Waals surface area contributed by atoms with Gasteiger partial charge in [-0.15, -0.1) is 0 Å². The number of nitrogens with zero attached hydrogens (tertiary/aromatic N) is 2. The predicted octanol–water partition coefficient (Wildman–Crippen LogP) is 3.74. The molecular weight excluding hydrogens is 282 g/mol. The highest BCUT2D eigenvalue weighted by atomic mass is 35.5. The van der Waals surface area contributed by atoms with Crippen LogP contribution in [-0.2, 0) is 13.1 Å². The maximum absolute atomic E-state index is 6.17. The van der Waals surface area contributed by atoms with Crippen molar-refractivity contribution in [2.75, 3.05) is 20.6 Å². The number of benzene rings is 1. The average molecular weight is 308 g/mol. The molecule has 1 N–H and O–H groups in total. The molecule has 3 nitrogen and oxygen atoms in total. The summed E-state index contributed by atoms with van der Waals surface area (Å²) in [7, 11) is 4.23. The molecule has 0 amide bonds. The Labute approximate surface area is 132 Å². The summed E-state index contributed by atoms with van der Waals surface area (Å²) in [5.41, 5.74) is 2.59. The Morgan fingerprint density at radius 3 is 2.71 bits per heavy atom. The molecule has 0 saturated carbocycles. The topological polar surface area (TPSA) is 20.2 Å². The Kier molecular flexibility index (Phi) is 5.68. The summed E-state index contributed by atoms with van der Waals surface area (Å²) in [5, 5.41) is 5.61. The predicted molar refractivity (Wildman–Crippen MR) is 92.1 cm³/mol. The molecule has 0 spiro atoms. The first-order chi connectivity index (χ1) is 9.97. The molecule has 0 saturated heterocycles. The third-order valence-corrected chi connectivity index (χ3v) is 3.87. The van der Waals surface area contributed by atoms with Gasteiger partial charge in [0.2, 0.25) is 0 Å². The molecule has 0 aliphatic rings. The molecule has 0 aliphatic carbocycles. The molecule has 0 fully saturated rings. The van der Waals surface area contributed by atoms with Crippen molar-refractivity contribution in [1.82, 2.24) is 14.8 Å². The number of nitrogens with one attached hydrogen (secondary N) is 1. The fraction of sp³-hybridized carbons (Fsp3) is 0.529. The highest BCUT2D eigenvalue weighted by Gasteiger charge is 2.09. The van der Waals surface area contributed by atoms with Gasteiger partial charge in [0, 0.05) is 41.3 Å². The maximum atomic E-state index is 6.17. The van der Waals surface area contributed by atoms with Crippen LogP contribution in [0.3, 0.4) is 0 Å². The van der Waals surface area contributed by atoms with Crippen molar-refractivity contribution in [3.8, 4) is 0 Å². The molecule has 0 atom stereocenters. The zero-order valence-corrected chi connectivity index (χ0v) is 14.2. The smallest absolute Gasteiger partial charge is 0.0498 e. The van der Waals surface area contributed by atoms with E-state index < -0.39 is 0 Å². The quantitative estimate of drug-likeness (QED) is 0.841. The van der Waals surface area contributed by atoms with Crippen LogP contribution in [-0.4, -0.2) is 36.1 Å². The highest BCUT2D eigenvalue weighted by Crippen LogP contribution is 2.25. The molecule has 0 radical (unpaired) electrons. The third kappa shape index (κ3) is 4.47. The molecule has 2 rings (SSSR count). The normalized spacial score (nSPS) is 12.0. The van der Waals surface area contributed by atoms with Gasteiger partial charge >= 0.3 is 0 Å². The van der Waals surface area contributed by atoms with Gasteiger partial charge < -0.3 is 14.8 Å². The van der Waals surface area contributed by atoms with E-state index in [-0.39, 0.29) is 0 Å². The number of hydrogen-bond donors (Lipinski definition) is 1. The fourth-order valence-corrected chi connectivity index (χ4v) is 2.70. The highest BCUT2D eigenvalue weighted by molar-refractivity contribution is 6.31. The molecule has 0 aliphatic heterocycles. The molecule has 1 aromatic carbocycles. The zero-order chi connectivity index (χ0) is 15.4. The molecule has 0 bridgehead atoms. The van der Waals surface area contributed by atoms with Crippen LogP contribution in [0, 0.1) is 0 Å². The van der Waals surface area contributed by atoms with Gasteiger partial charge in [-0.2, -0.15) is 0 Å². The Morgan fingerprint density at radius 1 is 1.29 bits per heavy atom. The summed E-state index contributed by atoms with van der Waals surface area (Å²) in [6.45, 7) is 7.37. The van der Waals surface area contributed by atoms with Gasteiger partial charge in [0.05, 0.1) is 0 Å². The number of hydrogen-bond acceptors (Lipinski definition) is 2. The Bertz CT molecular complexity index is 587. The van der Waals surface area contributed by atoms with E-state index in [4.69, 9.17) is 11.6 Å². The fourth-order valence-electron chi connectivity index (χ4n) is 2.54. The molecule has 0 unspecified atom stereocenters. The number of aromatic nitrogens is 1. The van der Waals surface area contributed by atoms with E-state index in [1.807, 2.05) is 6.07 Å². The molecule has 2 aromatic rings. The number of fused-ring (bicyclic) bond motifs is 1.